The van der Waals surface area contributed by atoms with Crippen LogP contribution < -0.4 is 10.2 Å². The van der Waals surface area contributed by atoms with E-state index in [1.54, 1.807) is 6.21 Å². The Morgan fingerprint density at radius 2 is 2.07 bits per heavy atom. The lowest BCUT2D eigenvalue weighted by Crippen LogP contribution is -2.41. The Morgan fingerprint density at radius 3 is 2.75 bits per heavy atom. The molecule has 1 aromatic rings. The Balaban J connectivity index is 1.18. The summed E-state index contributed by atoms with van der Waals surface area (Å²) < 4.78 is 5.38. The van der Waals surface area contributed by atoms with E-state index in [1.165, 1.54) is 31.4 Å². The second-order valence-corrected chi connectivity index (χ2v) is 8.39. The van der Waals surface area contributed by atoms with Crippen molar-refractivity contribution >= 4 is 17.8 Å². The van der Waals surface area contributed by atoms with E-state index < -0.39 is 0 Å². The fourth-order valence-electron chi connectivity index (χ4n) is 5.10. The Labute approximate surface area is 167 Å². The van der Waals surface area contributed by atoms with Crippen LogP contribution in [0.4, 0.5) is 5.69 Å². The van der Waals surface area contributed by atoms with Crippen LogP contribution in [0.2, 0.25) is 0 Å². The first kappa shape index (κ1) is 19.2. The molecular formula is C22H31N3O3. The molecule has 3 aliphatic rings. The summed E-state index contributed by atoms with van der Waals surface area (Å²) in [7, 11) is 0. The molecule has 0 radical (unpaired) electrons. The third-order valence-electron chi connectivity index (χ3n) is 6.56. The quantitative estimate of drug-likeness (QED) is 0.579. The lowest BCUT2D eigenvalue weighted by atomic mass is 9.84. The van der Waals surface area contributed by atoms with Crippen molar-refractivity contribution in [2.75, 3.05) is 37.8 Å². The number of anilines is 1. The Bertz CT molecular complexity index is 685. The van der Waals surface area contributed by atoms with Crippen molar-refractivity contribution in [1.82, 2.24) is 5.32 Å². The summed E-state index contributed by atoms with van der Waals surface area (Å²) in [6, 6.07) is 8.40. The topological polar surface area (TPSA) is 63.2 Å². The average molecular weight is 386 g/mol. The fourth-order valence-corrected chi connectivity index (χ4v) is 5.10. The minimum atomic E-state index is -0.0879. The van der Waals surface area contributed by atoms with Crippen molar-refractivity contribution < 1.29 is 14.4 Å². The van der Waals surface area contributed by atoms with Gasteiger partial charge in [0.25, 0.3) is 5.91 Å². The summed E-state index contributed by atoms with van der Waals surface area (Å²) in [5, 5.41) is 7.04. The molecule has 0 aromatic heterocycles. The molecule has 1 N–H and O–H groups in total. The first-order valence-electron chi connectivity index (χ1n) is 10.6. The molecule has 1 aromatic carbocycles. The second-order valence-electron chi connectivity index (χ2n) is 8.39. The maximum absolute atomic E-state index is 12.1. The predicted molar refractivity (Wildman–Crippen MR) is 110 cm³/mol. The molecule has 4 rings (SSSR count). The van der Waals surface area contributed by atoms with Gasteiger partial charge in [-0.3, -0.25) is 4.79 Å². The molecule has 6 heteroatoms. The molecule has 2 aliphatic carbocycles. The zero-order chi connectivity index (χ0) is 19.3. The van der Waals surface area contributed by atoms with Gasteiger partial charge in [0.1, 0.15) is 0 Å². The highest BCUT2D eigenvalue weighted by molar-refractivity contribution is 5.80. The minimum Gasteiger partial charge on any atom is -0.386 e. The smallest absolute Gasteiger partial charge is 0.260 e. The van der Waals surface area contributed by atoms with E-state index in [9.17, 15) is 4.79 Å². The summed E-state index contributed by atoms with van der Waals surface area (Å²) in [5.74, 6) is 2.25. The summed E-state index contributed by atoms with van der Waals surface area (Å²) in [4.78, 5) is 19.6. The van der Waals surface area contributed by atoms with E-state index >= 15 is 0 Å². The maximum Gasteiger partial charge on any atom is 0.260 e. The largest absolute Gasteiger partial charge is 0.386 e. The SMILES string of the molecule is CC(NC(=O)CO/N=C/c1ccc(N2CCOCC2)cc1)C1CC2CCC1C2. The van der Waals surface area contributed by atoms with E-state index in [4.69, 9.17) is 9.57 Å². The van der Waals surface area contributed by atoms with Crippen molar-refractivity contribution in [1.29, 1.82) is 0 Å². The minimum absolute atomic E-state index is 0.0342. The number of ether oxygens (including phenoxy) is 1. The molecule has 28 heavy (non-hydrogen) atoms. The summed E-state index contributed by atoms with van der Waals surface area (Å²) >= 11 is 0. The Morgan fingerprint density at radius 1 is 1.29 bits per heavy atom. The maximum atomic E-state index is 12.1. The number of carbonyl (C=O) groups excluding carboxylic acids is 1. The van der Waals surface area contributed by atoms with Crippen LogP contribution >= 0.6 is 0 Å². The van der Waals surface area contributed by atoms with Crippen LogP contribution in [0.25, 0.3) is 0 Å². The van der Waals surface area contributed by atoms with Crippen LogP contribution in [0.1, 0.15) is 38.2 Å². The van der Waals surface area contributed by atoms with Crippen LogP contribution in [0, 0.1) is 17.8 Å². The number of nitrogens with one attached hydrogen (secondary N) is 1. The second kappa shape index (κ2) is 8.95. The number of oxime groups is 1. The van der Waals surface area contributed by atoms with Gasteiger partial charge in [-0.2, -0.15) is 0 Å². The number of hydrogen-bond donors (Lipinski definition) is 1. The average Bonchev–Trinajstić information content (AvgIpc) is 3.36. The predicted octanol–water partition coefficient (Wildman–Crippen LogP) is 2.81. The van der Waals surface area contributed by atoms with Gasteiger partial charge in [0.15, 0.2) is 6.61 Å². The van der Waals surface area contributed by atoms with Gasteiger partial charge in [0.2, 0.25) is 0 Å². The number of rotatable bonds is 7. The van der Waals surface area contributed by atoms with Crippen LogP contribution in [-0.2, 0) is 14.4 Å². The van der Waals surface area contributed by atoms with Gasteiger partial charge in [0, 0.05) is 24.8 Å². The molecule has 2 saturated carbocycles. The van der Waals surface area contributed by atoms with Gasteiger partial charge in [0.05, 0.1) is 19.4 Å². The third-order valence-corrected chi connectivity index (χ3v) is 6.56. The van der Waals surface area contributed by atoms with Crippen molar-refractivity contribution in [3.05, 3.63) is 29.8 Å². The van der Waals surface area contributed by atoms with E-state index in [-0.39, 0.29) is 18.6 Å². The molecule has 3 fully saturated rings. The number of morpholine rings is 1. The van der Waals surface area contributed by atoms with Crippen LogP contribution in [-0.4, -0.2) is 51.1 Å². The number of benzene rings is 1. The fraction of sp³-hybridized carbons (Fsp3) is 0.636. The van der Waals surface area contributed by atoms with E-state index in [1.807, 2.05) is 12.1 Å². The molecule has 2 bridgehead atoms. The molecule has 1 heterocycles. The Kier molecular flexibility index (Phi) is 6.15. The highest BCUT2D eigenvalue weighted by Gasteiger charge is 2.42. The molecule has 1 aliphatic heterocycles. The van der Waals surface area contributed by atoms with Crippen molar-refractivity contribution in [2.24, 2.45) is 22.9 Å². The monoisotopic (exact) mass is 385 g/mol. The van der Waals surface area contributed by atoms with Gasteiger partial charge >= 0.3 is 0 Å². The van der Waals surface area contributed by atoms with E-state index in [2.05, 4.69) is 34.4 Å². The standard InChI is InChI=1S/C22H31N3O3/c1-16(21-13-18-2-5-19(21)12-18)24-22(26)15-28-23-14-17-3-6-20(7-4-17)25-8-10-27-11-9-25/h3-4,6-7,14,16,18-19,21H,2,5,8-13,15H2,1H3,(H,24,26)/b23-14+. The third kappa shape index (κ3) is 4.66. The lowest BCUT2D eigenvalue weighted by molar-refractivity contribution is -0.126. The summed E-state index contributed by atoms with van der Waals surface area (Å²) in [5.41, 5.74) is 2.14. The highest BCUT2D eigenvalue weighted by Crippen LogP contribution is 2.49. The van der Waals surface area contributed by atoms with Gasteiger partial charge < -0.3 is 19.8 Å². The van der Waals surface area contributed by atoms with Crippen LogP contribution in [0.15, 0.2) is 29.4 Å². The summed E-state index contributed by atoms with van der Waals surface area (Å²) in [6.07, 6.45) is 6.99. The van der Waals surface area contributed by atoms with Crippen LogP contribution in [0.5, 0.6) is 0 Å². The zero-order valence-corrected chi connectivity index (χ0v) is 16.7. The van der Waals surface area contributed by atoms with Gasteiger partial charge in [-0.25, -0.2) is 0 Å². The van der Waals surface area contributed by atoms with Crippen molar-refractivity contribution in [2.45, 2.75) is 38.6 Å². The molecule has 4 atom stereocenters. The van der Waals surface area contributed by atoms with Crippen molar-refractivity contribution in [3.63, 3.8) is 0 Å². The zero-order valence-electron chi connectivity index (χ0n) is 16.7. The summed E-state index contributed by atoms with van der Waals surface area (Å²) in [6.45, 7) is 5.49. The number of hydrogen-bond acceptors (Lipinski definition) is 5. The Hall–Kier alpha value is -2.08. The molecule has 1 amide bonds. The molecule has 4 unspecified atom stereocenters. The first-order valence-corrected chi connectivity index (χ1v) is 10.6. The number of amides is 1. The first-order chi connectivity index (χ1) is 13.7. The molecular weight excluding hydrogens is 354 g/mol. The normalized spacial score (nSPS) is 27.9. The van der Waals surface area contributed by atoms with E-state index in [0.717, 1.165) is 43.7 Å². The molecule has 0 spiro atoms. The molecule has 152 valence electrons. The number of fused-ring (bicyclic) bond motifs is 2. The van der Waals surface area contributed by atoms with E-state index in [0.29, 0.717) is 5.92 Å². The lowest BCUT2D eigenvalue weighted by Gasteiger charge is -2.28. The molecule has 6 nitrogen and oxygen atoms in total. The molecule has 1 saturated heterocycles. The number of carbonyl (C=O) groups is 1. The number of nitrogens with zero attached hydrogens (tertiary/aromatic N) is 2. The van der Waals surface area contributed by atoms with Crippen LogP contribution in [0.3, 0.4) is 0 Å². The van der Waals surface area contributed by atoms with Gasteiger partial charge in [-0.15, -0.1) is 0 Å². The van der Waals surface area contributed by atoms with Gasteiger partial charge in [-0.05, 0) is 61.6 Å². The van der Waals surface area contributed by atoms with Crippen molar-refractivity contribution in [3.8, 4) is 0 Å². The van der Waals surface area contributed by atoms with Gasteiger partial charge in [-0.1, -0.05) is 23.7 Å². The highest BCUT2D eigenvalue weighted by atomic mass is 16.6.